The van der Waals surface area contributed by atoms with Crippen LogP contribution in [0.1, 0.15) is 23.7 Å². The van der Waals surface area contributed by atoms with Gasteiger partial charge in [0.05, 0.1) is 18.8 Å². The molecular weight excluding hydrogens is 338 g/mol. The van der Waals surface area contributed by atoms with Crippen molar-refractivity contribution in [1.82, 2.24) is 9.88 Å². The Morgan fingerprint density at radius 3 is 2.74 bits per heavy atom. The summed E-state index contributed by atoms with van der Waals surface area (Å²) in [5, 5.41) is 5.76. The molecule has 140 valence electrons. The van der Waals surface area contributed by atoms with Gasteiger partial charge in [0.1, 0.15) is 5.75 Å². The number of ether oxygens (including phenoxy) is 1. The summed E-state index contributed by atoms with van der Waals surface area (Å²) < 4.78 is 7.68. The zero-order valence-electron chi connectivity index (χ0n) is 15.7. The molecule has 0 saturated carbocycles. The minimum atomic E-state index is -0.259. The van der Waals surface area contributed by atoms with Gasteiger partial charge in [-0.3, -0.25) is 0 Å². The molecule has 0 saturated heterocycles. The number of hydrogen-bond acceptors (Lipinski definition) is 2. The van der Waals surface area contributed by atoms with Gasteiger partial charge in [0, 0.05) is 18.4 Å². The number of carbonyl (C=O) groups is 1. The topological polar surface area (TPSA) is 55.3 Å². The minimum Gasteiger partial charge on any atom is -0.492 e. The zero-order valence-corrected chi connectivity index (χ0v) is 15.7. The Hall–Kier alpha value is -3.21. The quantitative estimate of drug-likeness (QED) is 0.646. The molecule has 3 rings (SSSR count). The molecule has 2 aromatic carbocycles. The number of hydrogen-bond donors (Lipinski definition) is 2. The molecule has 0 radical (unpaired) electrons. The molecule has 0 bridgehead atoms. The van der Waals surface area contributed by atoms with E-state index in [-0.39, 0.29) is 6.03 Å². The molecule has 27 heavy (non-hydrogen) atoms. The maximum Gasteiger partial charge on any atom is 0.319 e. The molecule has 1 heterocycles. The fourth-order valence-corrected chi connectivity index (χ4v) is 2.96. The van der Waals surface area contributed by atoms with Crippen LogP contribution in [0.4, 0.5) is 10.5 Å². The van der Waals surface area contributed by atoms with Crippen molar-refractivity contribution in [3.8, 4) is 5.75 Å². The van der Waals surface area contributed by atoms with Gasteiger partial charge in [0.25, 0.3) is 0 Å². The molecular formula is C22H25N3O2. The maximum absolute atomic E-state index is 12.3. The van der Waals surface area contributed by atoms with Crippen LogP contribution in [0.3, 0.4) is 0 Å². The van der Waals surface area contributed by atoms with E-state index < -0.39 is 0 Å². The first-order valence-electron chi connectivity index (χ1n) is 9.12. The number of benzene rings is 2. The van der Waals surface area contributed by atoms with Gasteiger partial charge < -0.3 is 19.9 Å². The van der Waals surface area contributed by atoms with E-state index in [1.807, 2.05) is 49.5 Å². The lowest BCUT2D eigenvalue weighted by atomic mass is 10.1. The maximum atomic E-state index is 12.3. The highest BCUT2D eigenvalue weighted by Gasteiger charge is 2.08. The third-order valence-electron chi connectivity index (χ3n) is 4.22. The molecule has 5 heteroatoms. The van der Waals surface area contributed by atoms with E-state index in [0.717, 1.165) is 12.2 Å². The van der Waals surface area contributed by atoms with Crippen LogP contribution in [0.5, 0.6) is 5.75 Å². The number of amides is 2. The molecule has 1 aromatic heterocycles. The van der Waals surface area contributed by atoms with Gasteiger partial charge in [0.15, 0.2) is 0 Å². The van der Waals surface area contributed by atoms with Gasteiger partial charge in [-0.1, -0.05) is 42.0 Å². The Bertz CT molecular complexity index is 902. The predicted molar refractivity (Wildman–Crippen MR) is 108 cm³/mol. The van der Waals surface area contributed by atoms with Crippen LogP contribution in [0.15, 0.2) is 66.9 Å². The smallest absolute Gasteiger partial charge is 0.319 e. The van der Waals surface area contributed by atoms with Crippen molar-refractivity contribution in [2.75, 3.05) is 11.9 Å². The van der Waals surface area contributed by atoms with Crippen molar-refractivity contribution >= 4 is 11.7 Å². The highest BCUT2D eigenvalue weighted by molar-refractivity contribution is 5.90. The summed E-state index contributed by atoms with van der Waals surface area (Å²) in [5.74, 6) is 0.665. The standard InChI is InChI=1S/C22H25N3O2/c1-3-27-21-12-5-4-11-20(21)24-22(26)23-15-19-10-7-13-25(19)16-18-9-6-8-17(2)14-18/h4-14H,3,15-16H2,1-2H3,(H2,23,24,26). The minimum absolute atomic E-state index is 0.259. The van der Waals surface area contributed by atoms with Gasteiger partial charge >= 0.3 is 6.03 Å². The Labute approximate surface area is 160 Å². The molecule has 2 N–H and O–H groups in total. The lowest BCUT2D eigenvalue weighted by Gasteiger charge is -2.13. The second kappa shape index (κ2) is 8.94. The van der Waals surface area contributed by atoms with Crippen molar-refractivity contribution in [1.29, 1.82) is 0 Å². The normalized spacial score (nSPS) is 10.4. The first kappa shape index (κ1) is 18.6. The van der Waals surface area contributed by atoms with Crippen LogP contribution >= 0.6 is 0 Å². The molecule has 5 nitrogen and oxygen atoms in total. The second-order valence-electron chi connectivity index (χ2n) is 6.35. The summed E-state index contributed by atoms with van der Waals surface area (Å²) in [5.41, 5.74) is 4.19. The van der Waals surface area contributed by atoms with E-state index in [0.29, 0.717) is 24.6 Å². The van der Waals surface area contributed by atoms with E-state index in [1.54, 1.807) is 0 Å². The summed E-state index contributed by atoms with van der Waals surface area (Å²) in [6.45, 7) is 5.78. The van der Waals surface area contributed by atoms with Gasteiger partial charge in [-0.15, -0.1) is 0 Å². The Morgan fingerprint density at radius 2 is 1.93 bits per heavy atom. The van der Waals surface area contributed by atoms with E-state index in [4.69, 9.17) is 4.74 Å². The lowest BCUT2D eigenvalue weighted by molar-refractivity contribution is 0.251. The van der Waals surface area contributed by atoms with Crippen LogP contribution in [-0.2, 0) is 13.1 Å². The van der Waals surface area contributed by atoms with Crippen LogP contribution in [0.25, 0.3) is 0 Å². The molecule has 0 fully saturated rings. The summed E-state index contributed by atoms with van der Waals surface area (Å²) in [6, 6.07) is 19.6. The number of nitrogens with one attached hydrogen (secondary N) is 2. The van der Waals surface area contributed by atoms with Crippen molar-refractivity contribution < 1.29 is 9.53 Å². The average molecular weight is 363 g/mol. The number of rotatable bonds is 7. The molecule has 0 atom stereocenters. The Morgan fingerprint density at radius 1 is 1.07 bits per heavy atom. The number of nitrogens with zero attached hydrogens (tertiary/aromatic N) is 1. The first-order valence-corrected chi connectivity index (χ1v) is 9.12. The number of anilines is 1. The van der Waals surface area contributed by atoms with Gasteiger partial charge in [-0.2, -0.15) is 0 Å². The van der Waals surface area contributed by atoms with Crippen molar-refractivity contribution in [2.24, 2.45) is 0 Å². The summed E-state index contributed by atoms with van der Waals surface area (Å²) in [4.78, 5) is 12.3. The predicted octanol–water partition coefficient (Wildman–Crippen LogP) is 4.57. The summed E-state index contributed by atoms with van der Waals surface area (Å²) in [7, 11) is 0. The average Bonchev–Trinajstić information content (AvgIpc) is 3.09. The van der Waals surface area contributed by atoms with E-state index in [1.165, 1.54) is 11.1 Å². The molecule has 3 aromatic rings. The zero-order chi connectivity index (χ0) is 19.1. The van der Waals surface area contributed by atoms with Gasteiger partial charge in [-0.25, -0.2) is 4.79 Å². The monoisotopic (exact) mass is 363 g/mol. The molecule has 0 spiro atoms. The fourth-order valence-electron chi connectivity index (χ4n) is 2.96. The molecule has 2 amide bonds. The third kappa shape index (κ3) is 5.14. The summed E-state index contributed by atoms with van der Waals surface area (Å²) >= 11 is 0. The number of aryl methyl sites for hydroxylation is 1. The van der Waals surface area contributed by atoms with Crippen molar-refractivity contribution in [3.63, 3.8) is 0 Å². The van der Waals surface area contributed by atoms with Crippen LogP contribution < -0.4 is 15.4 Å². The highest BCUT2D eigenvalue weighted by Crippen LogP contribution is 2.23. The van der Waals surface area contributed by atoms with E-state index in [2.05, 4.69) is 46.4 Å². The molecule has 0 aliphatic carbocycles. The SMILES string of the molecule is CCOc1ccccc1NC(=O)NCc1cccn1Cc1cccc(C)c1. The van der Waals surface area contributed by atoms with E-state index in [9.17, 15) is 4.79 Å². The number of para-hydroxylation sites is 2. The van der Waals surface area contributed by atoms with E-state index >= 15 is 0 Å². The number of carbonyl (C=O) groups excluding carboxylic acids is 1. The third-order valence-corrected chi connectivity index (χ3v) is 4.22. The molecule has 0 aliphatic heterocycles. The van der Waals surface area contributed by atoms with Crippen LogP contribution in [0, 0.1) is 6.92 Å². The second-order valence-corrected chi connectivity index (χ2v) is 6.35. The lowest BCUT2D eigenvalue weighted by Crippen LogP contribution is -2.29. The molecule has 0 aliphatic rings. The largest absolute Gasteiger partial charge is 0.492 e. The Kier molecular flexibility index (Phi) is 6.15. The number of aromatic nitrogens is 1. The summed E-state index contributed by atoms with van der Waals surface area (Å²) in [6.07, 6.45) is 2.03. The number of urea groups is 1. The molecule has 0 unspecified atom stereocenters. The van der Waals surface area contributed by atoms with Gasteiger partial charge in [0.2, 0.25) is 0 Å². The first-order chi connectivity index (χ1) is 13.2. The van der Waals surface area contributed by atoms with Crippen molar-refractivity contribution in [3.05, 3.63) is 83.7 Å². The fraction of sp³-hybridized carbons (Fsp3) is 0.227. The van der Waals surface area contributed by atoms with Crippen molar-refractivity contribution in [2.45, 2.75) is 26.9 Å². The van der Waals surface area contributed by atoms with Gasteiger partial charge in [-0.05, 0) is 43.7 Å². The Balaban J connectivity index is 1.59. The van der Waals surface area contributed by atoms with Crippen LogP contribution in [0.2, 0.25) is 0 Å². The van der Waals surface area contributed by atoms with Crippen LogP contribution in [-0.4, -0.2) is 17.2 Å². The highest BCUT2D eigenvalue weighted by atomic mass is 16.5.